The molecule has 32 heavy (non-hydrogen) atoms. The molecule has 1 atom stereocenters. The third kappa shape index (κ3) is 4.02. The Hall–Kier alpha value is -3.12. The highest BCUT2D eigenvalue weighted by molar-refractivity contribution is 5.97. The number of anilines is 1. The number of benzene rings is 1. The number of nitrogens with zero attached hydrogens (tertiary/aromatic N) is 5. The van der Waals surface area contributed by atoms with E-state index in [1.165, 1.54) is 23.1 Å². The van der Waals surface area contributed by atoms with Crippen molar-refractivity contribution in [3.63, 3.8) is 0 Å². The van der Waals surface area contributed by atoms with Crippen LogP contribution in [0.15, 0.2) is 61.1 Å². The average molecular weight is 430 g/mol. The predicted octanol–water partition coefficient (Wildman–Crippen LogP) is 4.48. The fourth-order valence-corrected chi connectivity index (χ4v) is 5.02. The van der Waals surface area contributed by atoms with E-state index in [0.717, 1.165) is 49.4 Å². The van der Waals surface area contributed by atoms with Crippen LogP contribution in [0, 0.1) is 12.8 Å². The highest BCUT2D eigenvalue weighted by Crippen LogP contribution is 2.29. The summed E-state index contributed by atoms with van der Waals surface area (Å²) in [7, 11) is 1.79. The summed E-state index contributed by atoms with van der Waals surface area (Å²) in [5.41, 5.74) is 6.76. The lowest BCUT2D eigenvalue weighted by atomic mass is 9.99. The number of fused-ring (bicyclic) bond motifs is 1. The maximum absolute atomic E-state index is 12.8. The van der Waals surface area contributed by atoms with Gasteiger partial charge in [0.1, 0.15) is 0 Å². The minimum atomic E-state index is -0.0378. The molecule has 2 fully saturated rings. The molecule has 166 valence electrons. The molecule has 5 rings (SSSR count). The molecule has 6 nitrogen and oxygen atoms in total. The van der Waals surface area contributed by atoms with E-state index < -0.39 is 0 Å². The van der Waals surface area contributed by atoms with Gasteiger partial charge in [-0.3, -0.25) is 9.80 Å². The zero-order chi connectivity index (χ0) is 22.2. The minimum Gasteiger partial charge on any atom is -0.301 e. The monoisotopic (exact) mass is 429 g/mol. The molecule has 2 aliphatic rings. The molecular weight excluding hydrogens is 398 g/mol. The summed E-state index contributed by atoms with van der Waals surface area (Å²) in [6, 6.07) is 13.2. The normalized spacial score (nSPS) is 20.0. The molecule has 2 aliphatic heterocycles. The van der Waals surface area contributed by atoms with Crippen molar-refractivity contribution >= 4 is 17.2 Å². The molecule has 0 saturated carbocycles. The van der Waals surface area contributed by atoms with Crippen molar-refractivity contribution in [2.75, 3.05) is 31.6 Å². The number of pyridine rings is 1. The summed E-state index contributed by atoms with van der Waals surface area (Å²) in [6.07, 6.45) is 6.87. The predicted molar refractivity (Wildman–Crippen MR) is 128 cm³/mol. The van der Waals surface area contributed by atoms with Crippen LogP contribution in [0.5, 0.6) is 0 Å². The van der Waals surface area contributed by atoms with Crippen molar-refractivity contribution in [1.82, 2.24) is 19.4 Å². The van der Waals surface area contributed by atoms with Gasteiger partial charge in [-0.2, -0.15) is 5.10 Å². The summed E-state index contributed by atoms with van der Waals surface area (Å²) in [6.45, 7) is 10.1. The van der Waals surface area contributed by atoms with Crippen molar-refractivity contribution in [1.29, 1.82) is 0 Å². The second-order valence-electron chi connectivity index (χ2n) is 9.29. The van der Waals surface area contributed by atoms with E-state index >= 15 is 0 Å². The average Bonchev–Trinajstić information content (AvgIpc) is 3.39. The minimum absolute atomic E-state index is 0.0378. The first kappa shape index (κ1) is 20.8. The van der Waals surface area contributed by atoms with Gasteiger partial charge in [0, 0.05) is 45.0 Å². The molecule has 0 aliphatic carbocycles. The third-order valence-corrected chi connectivity index (χ3v) is 6.86. The molecule has 0 bridgehead atoms. The van der Waals surface area contributed by atoms with Gasteiger partial charge in [0.15, 0.2) is 0 Å². The number of amides is 2. The summed E-state index contributed by atoms with van der Waals surface area (Å²) in [4.78, 5) is 18.8. The van der Waals surface area contributed by atoms with Crippen LogP contribution in [0.2, 0.25) is 0 Å². The van der Waals surface area contributed by atoms with Crippen LogP contribution in [-0.2, 0) is 13.0 Å². The van der Waals surface area contributed by atoms with Crippen molar-refractivity contribution < 1.29 is 4.79 Å². The van der Waals surface area contributed by atoms with Crippen molar-refractivity contribution in [3.8, 4) is 0 Å². The number of urea groups is 1. The quantitative estimate of drug-likeness (QED) is 0.601. The van der Waals surface area contributed by atoms with Crippen LogP contribution in [0.3, 0.4) is 0 Å². The van der Waals surface area contributed by atoms with Crippen LogP contribution >= 0.6 is 0 Å². The number of aryl methyl sites for hydroxylation is 1. The van der Waals surface area contributed by atoms with Gasteiger partial charge in [-0.25, -0.2) is 9.31 Å². The molecule has 0 N–H and O–H groups in total. The second-order valence-corrected chi connectivity index (χ2v) is 9.29. The van der Waals surface area contributed by atoms with E-state index in [1.54, 1.807) is 18.1 Å². The topological polar surface area (TPSA) is 44.1 Å². The van der Waals surface area contributed by atoms with E-state index in [0.29, 0.717) is 12.5 Å². The van der Waals surface area contributed by atoms with E-state index in [-0.39, 0.29) is 6.03 Å². The van der Waals surface area contributed by atoms with E-state index in [4.69, 9.17) is 0 Å². The molecular formula is C26H31N5O. The Balaban J connectivity index is 1.29. The van der Waals surface area contributed by atoms with Gasteiger partial charge in [0.2, 0.25) is 0 Å². The van der Waals surface area contributed by atoms with Crippen LogP contribution in [0.4, 0.5) is 10.5 Å². The zero-order valence-electron chi connectivity index (χ0n) is 19.0. The number of aromatic nitrogens is 2. The fourth-order valence-electron chi connectivity index (χ4n) is 5.02. The van der Waals surface area contributed by atoms with Gasteiger partial charge in [-0.05, 0) is 55.5 Å². The SMILES string of the molecule is C=C1CCN(c2cnn3ccc(CC4CCN(Cc5cccc(C)c5)C4)cc23)C(=O)N1C. The molecule has 0 spiro atoms. The van der Waals surface area contributed by atoms with Crippen LogP contribution in [0.25, 0.3) is 5.52 Å². The maximum Gasteiger partial charge on any atom is 0.328 e. The molecule has 4 heterocycles. The third-order valence-electron chi connectivity index (χ3n) is 6.86. The van der Waals surface area contributed by atoms with E-state index in [9.17, 15) is 4.79 Å². The van der Waals surface area contributed by atoms with Crippen LogP contribution in [-0.4, -0.2) is 52.1 Å². The summed E-state index contributed by atoms with van der Waals surface area (Å²) >= 11 is 0. The first-order valence-corrected chi connectivity index (χ1v) is 11.4. The molecule has 1 aromatic carbocycles. The Kier molecular flexibility index (Phi) is 5.47. The smallest absolute Gasteiger partial charge is 0.301 e. The molecule has 2 saturated heterocycles. The highest BCUT2D eigenvalue weighted by Gasteiger charge is 2.29. The molecule has 0 radical (unpaired) electrons. The van der Waals surface area contributed by atoms with E-state index in [1.807, 2.05) is 15.6 Å². The van der Waals surface area contributed by atoms with Gasteiger partial charge >= 0.3 is 6.03 Å². The Morgan fingerprint density at radius 3 is 2.88 bits per heavy atom. The van der Waals surface area contributed by atoms with Crippen LogP contribution < -0.4 is 4.90 Å². The summed E-state index contributed by atoms with van der Waals surface area (Å²) in [5.74, 6) is 0.653. The Bertz CT molecular complexity index is 1170. The number of likely N-dealkylation sites (tertiary alicyclic amines) is 1. The maximum atomic E-state index is 12.8. The number of carbonyl (C=O) groups is 1. The lowest BCUT2D eigenvalue weighted by Gasteiger charge is -2.34. The van der Waals surface area contributed by atoms with Gasteiger partial charge in [-0.15, -0.1) is 0 Å². The lowest BCUT2D eigenvalue weighted by molar-refractivity contribution is 0.219. The number of hydrogen-bond acceptors (Lipinski definition) is 3. The first-order chi connectivity index (χ1) is 15.5. The van der Waals surface area contributed by atoms with Gasteiger partial charge < -0.3 is 4.90 Å². The van der Waals surface area contributed by atoms with Gasteiger partial charge in [0.25, 0.3) is 0 Å². The van der Waals surface area contributed by atoms with Gasteiger partial charge in [-0.1, -0.05) is 36.4 Å². The zero-order valence-corrected chi connectivity index (χ0v) is 19.0. The Morgan fingerprint density at radius 1 is 1.16 bits per heavy atom. The lowest BCUT2D eigenvalue weighted by Crippen LogP contribution is -2.46. The van der Waals surface area contributed by atoms with Crippen LogP contribution in [0.1, 0.15) is 29.5 Å². The molecule has 2 aromatic heterocycles. The first-order valence-electron chi connectivity index (χ1n) is 11.4. The number of hydrogen-bond donors (Lipinski definition) is 0. The highest BCUT2D eigenvalue weighted by atomic mass is 16.2. The van der Waals surface area contributed by atoms with E-state index in [2.05, 4.69) is 59.9 Å². The Labute approximate surface area is 189 Å². The fraction of sp³-hybridized carbons (Fsp3) is 0.385. The standard InChI is InChI=1S/C26H31N5O/c1-19-5-4-6-22(13-19)17-29-10-8-23(18-29)14-21-9-12-31-24(15-21)25(16-27-31)30-11-7-20(2)28(3)26(30)32/h4-6,9,12-13,15-16,23H,2,7-8,10-11,14,17-18H2,1,3H3. The second kappa shape index (κ2) is 8.43. The largest absolute Gasteiger partial charge is 0.328 e. The summed E-state index contributed by atoms with van der Waals surface area (Å²) in [5, 5.41) is 4.48. The number of rotatable bonds is 5. The van der Waals surface area contributed by atoms with Gasteiger partial charge in [0.05, 0.1) is 17.4 Å². The van der Waals surface area contributed by atoms with Crippen molar-refractivity contribution in [3.05, 3.63) is 77.8 Å². The van der Waals surface area contributed by atoms with Crippen molar-refractivity contribution in [2.45, 2.75) is 32.7 Å². The number of carbonyl (C=O) groups excluding carboxylic acids is 1. The summed E-state index contributed by atoms with van der Waals surface area (Å²) < 4.78 is 1.87. The molecule has 3 aromatic rings. The molecule has 2 amide bonds. The Morgan fingerprint density at radius 2 is 2.03 bits per heavy atom. The van der Waals surface area contributed by atoms with Crippen molar-refractivity contribution in [2.24, 2.45) is 5.92 Å². The molecule has 1 unspecified atom stereocenters. The molecule has 6 heteroatoms.